The summed E-state index contributed by atoms with van der Waals surface area (Å²) >= 11 is 3.44. The van der Waals surface area contributed by atoms with Crippen molar-refractivity contribution in [3.05, 3.63) is 58.3 Å². The Bertz CT molecular complexity index is 851. The standard InChI is InChI=1S/C17H15BrN2O2/c1-10(2)16-19-14-9-11(17(21)22)3-8-15(14)20(16)13-6-4-12(18)5-7-13/h3-10H,1-2H3,(H,21,22). The molecule has 0 fully saturated rings. The molecule has 112 valence electrons. The number of hydrogen-bond donors (Lipinski definition) is 1. The van der Waals surface area contributed by atoms with Crippen molar-refractivity contribution in [1.82, 2.24) is 9.55 Å². The number of carbonyl (C=O) groups is 1. The largest absolute Gasteiger partial charge is 0.478 e. The van der Waals surface area contributed by atoms with Crippen molar-refractivity contribution in [2.45, 2.75) is 19.8 Å². The molecule has 3 rings (SSSR count). The van der Waals surface area contributed by atoms with Crippen LogP contribution in [0.2, 0.25) is 0 Å². The van der Waals surface area contributed by atoms with Crippen LogP contribution in [0.4, 0.5) is 0 Å². The van der Waals surface area contributed by atoms with E-state index < -0.39 is 5.97 Å². The summed E-state index contributed by atoms with van der Waals surface area (Å²) in [4.78, 5) is 15.8. The van der Waals surface area contributed by atoms with E-state index in [1.165, 1.54) is 0 Å². The molecule has 0 saturated heterocycles. The van der Waals surface area contributed by atoms with Crippen LogP contribution in [0.25, 0.3) is 16.7 Å². The number of fused-ring (bicyclic) bond motifs is 1. The second-order valence-electron chi connectivity index (χ2n) is 5.45. The highest BCUT2D eigenvalue weighted by atomic mass is 79.9. The zero-order valence-electron chi connectivity index (χ0n) is 12.2. The van der Waals surface area contributed by atoms with Crippen LogP contribution in [0, 0.1) is 0 Å². The van der Waals surface area contributed by atoms with E-state index in [2.05, 4.69) is 39.3 Å². The highest BCUT2D eigenvalue weighted by Gasteiger charge is 2.16. The van der Waals surface area contributed by atoms with Crippen molar-refractivity contribution in [2.24, 2.45) is 0 Å². The lowest BCUT2D eigenvalue weighted by atomic mass is 10.2. The molecule has 0 atom stereocenters. The first-order valence-corrected chi connectivity index (χ1v) is 7.78. The van der Waals surface area contributed by atoms with Gasteiger partial charge < -0.3 is 5.11 Å². The van der Waals surface area contributed by atoms with Gasteiger partial charge in [0.05, 0.1) is 16.6 Å². The number of carboxylic acids is 1. The van der Waals surface area contributed by atoms with Gasteiger partial charge in [0.1, 0.15) is 5.82 Å². The molecule has 0 unspecified atom stereocenters. The fourth-order valence-corrected chi connectivity index (χ4v) is 2.75. The van der Waals surface area contributed by atoms with E-state index in [-0.39, 0.29) is 11.5 Å². The summed E-state index contributed by atoms with van der Waals surface area (Å²) < 4.78 is 3.10. The molecule has 2 aromatic carbocycles. The first-order chi connectivity index (χ1) is 10.5. The molecule has 0 aliphatic rings. The second-order valence-corrected chi connectivity index (χ2v) is 6.36. The number of hydrogen-bond acceptors (Lipinski definition) is 2. The van der Waals surface area contributed by atoms with E-state index in [0.29, 0.717) is 5.52 Å². The van der Waals surface area contributed by atoms with Crippen molar-refractivity contribution >= 4 is 32.9 Å². The topological polar surface area (TPSA) is 55.1 Å². The van der Waals surface area contributed by atoms with E-state index in [0.717, 1.165) is 21.5 Å². The van der Waals surface area contributed by atoms with Gasteiger partial charge in [-0.25, -0.2) is 9.78 Å². The third kappa shape index (κ3) is 2.52. The molecule has 1 aromatic heterocycles. The van der Waals surface area contributed by atoms with Gasteiger partial charge in [0.2, 0.25) is 0 Å². The fourth-order valence-electron chi connectivity index (χ4n) is 2.48. The number of imidazole rings is 1. The molecule has 0 radical (unpaired) electrons. The maximum atomic E-state index is 11.1. The lowest BCUT2D eigenvalue weighted by Crippen LogP contribution is -2.03. The van der Waals surface area contributed by atoms with Crippen LogP contribution in [0.5, 0.6) is 0 Å². The Morgan fingerprint density at radius 3 is 2.45 bits per heavy atom. The normalized spacial score (nSPS) is 11.3. The van der Waals surface area contributed by atoms with Crippen molar-refractivity contribution in [3.63, 3.8) is 0 Å². The number of nitrogens with zero attached hydrogens (tertiary/aromatic N) is 2. The number of benzene rings is 2. The number of carboxylic acid groups (broad SMARTS) is 1. The molecular formula is C17H15BrN2O2. The quantitative estimate of drug-likeness (QED) is 0.743. The Morgan fingerprint density at radius 1 is 1.18 bits per heavy atom. The van der Waals surface area contributed by atoms with Gasteiger partial charge >= 0.3 is 5.97 Å². The Labute approximate surface area is 136 Å². The average molecular weight is 359 g/mol. The summed E-state index contributed by atoms with van der Waals surface area (Å²) in [7, 11) is 0. The minimum absolute atomic E-state index is 0.226. The van der Waals surface area contributed by atoms with Crippen molar-refractivity contribution in [2.75, 3.05) is 0 Å². The smallest absolute Gasteiger partial charge is 0.335 e. The first kappa shape index (κ1) is 14.8. The van der Waals surface area contributed by atoms with Crippen LogP contribution in [0.1, 0.15) is 35.9 Å². The number of aromatic nitrogens is 2. The summed E-state index contributed by atoms with van der Waals surface area (Å²) in [5, 5.41) is 9.14. The van der Waals surface area contributed by atoms with E-state index >= 15 is 0 Å². The van der Waals surface area contributed by atoms with E-state index in [4.69, 9.17) is 5.11 Å². The Hall–Kier alpha value is -2.14. The van der Waals surface area contributed by atoms with Gasteiger partial charge in [-0.3, -0.25) is 4.57 Å². The van der Waals surface area contributed by atoms with Crippen molar-refractivity contribution in [1.29, 1.82) is 0 Å². The SMILES string of the molecule is CC(C)c1nc2cc(C(=O)O)ccc2n1-c1ccc(Br)cc1. The van der Waals surface area contributed by atoms with Crippen molar-refractivity contribution < 1.29 is 9.90 Å². The molecule has 0 bridgehead atoms. The Kier molecular flexibility index (Phi) is 3.74. The van der Waals surface area contributed by atoms with E-state index in [1.807, 2.05) is 30.3 Å². The highest BCUT2D eigenvalue weighted by Crippen LogP contribution is 2.27. The predicted molar refractivity (Wildman–Crippen MR) is 89.8 cm³/mol. The summed E-state index contributed by atoms with van der Waals surface area (Å²) in [6.45, 7) is 4.16. The molecule has 0 aliphatic carbocycles. The molecule has 1 N–H and O–H groups in total. The fraction of sp³-hybridized carbons (Fsp3) is 0.176. The summed E-state index contributed by atoms with van der Waals surface area (Å²) in [6, 6.07) is 13.1. The molecule has 4 nitrogen and oxygen atoms in total. The second kappa shape index (κ2) is 5.57. The predicted octanol–water partition coefficient (Wildman–Crippen LogP) is 4.61. The molecule has 1 heterocycles. The van der Waals surface area contributed by atoms with Crippen LogP contribution in [0.15, 0.2) is 46.9 Å². The van der Waals surface area contributed by atoms with E-state index in [1.54, 1.807) is 12.1 Å². The van der Waals surface area contributed by atoms with Crippen LogP contribution in [-0.2, 0) is 0 Å². The Balaban J connectivity index is 2.28. The third-order valence-electron chi connectivity index (χ3n) is 3.53. The monoisotopic (exact) mass is 358 g/mol. The summed E-state index contributed by atoms with van der Waals surface area (Å²) in [5.74, 6) is 0.204. The molecule has 0 saturated carbocycles. The molecular weight excluding hydrogens is 344 g/mol. The van der Waals surface area contributed by atoms with Crippen LogP contribution >= 0.6 is 15.9 Å². The third-order valence-corrected chi connectivity index (χ3v) is 4.06. The van der Waals surface area contributed by atoms with Crippen molar-refractivity contribution in [3.8, 4) is 5.69 Å². The zero-order chi connectivity index (χ0) is 15.9. The van der Waals surface area contributed by atoms with Gasteiger partial charge in [-0.1, -0.05) is 29.8 Å². The van der Waals surface area contributed by atoms with Gasteiger partial charge in [-0.05, 0) is 42.5 Å². The molecule has 5 heteroatoms. The maximum Gasteiger partial charge on any atom is 0.335 e. The summed E-state index contributed by atoms with van der Waals surface area (Å²) in [5.41, 5.74) is 2.88. The van der Waals surface area contributed by atoms with Gasteiger partial charge in [0, 0.05) is 16.1 Å². The highest BCUT2D eigenvalue weighted by molar-refractivity contribution is 9.10. The van der Waals surface area contributed by atoms with Crippen LogP contribution < -0.4 is 0 Å². The number of halogens is 1. The average Bonchev–Trinajstić information content (AvgIpc) is 2.86. The molecule has 0 aliphatic heterocycles. The maximum absolute atomic E-state index is 11.1. The van der Waals surface area contributed by atoms with Gasteiger partial charge in [-0.15, -0.1) is 0 Å². The number of rotatable bonds is 3. The van der Waals surface area contributed by atoms with Crippen LogP contribution in [-0.4, -0.2) is 20.6 Å². The minimum Gasteiger partial charge on any atom is -0.478 e. The molecule has 0 spiro atoms. The van der Waals surface area contributed by atoms with Crippen LogP contribution in [0.3, 0.4) is 0 Å². The zero-order valence-corrected chi connectivity index (χ0v) is 13.8. The van der Waals surface area contributed by atoms with Gasteiger partial charge in [-0.2, -0.15) is 0 Å². The lowest BCUT2D eigenvalue weighted by molar-refractivity contribution is 0.0697. The molecule has 0 amide bonds. The summed E-state index contributed by atoms with van der Waals surface area (Å²) in [6.07, 6.45) is 0. The molecule has 22 heavy (non-hydrogen) atoms. The first-order valence-electron chi connectivity index (χ1n) is 6.99. The lowest BCUT2D eigenvalue weighted by Gasteiger charge is -2.11. The van der Waals surface area contributed by atoms with Gasteiger partial charge in [0.15, 0.2) is 0 Å². The van der Waals surface area contributed by atoms with E-state index in [9.17, 15) is 4.79 Å². The minimum atomic E-state index is -0.939. The number of aromatic carboxylic acids is 1. The van der Waals surface area contributed by atoms with Gasteiger partial charge in [0.25, 0.3) is 0 Å². The molecule has 3 aromatic rings. The Morgan fingerprint density at radius 2 is 1.86 bits per heavy atom.